The van der Waals surface area contributed by atoms with E-state index in [0.29, 0.717) is 18.9 Å². The molecule has 224 valence electrons. The number of fused-ring (bicyclic) bond motifs is 1. The molecule has 0 unspecified atom stereocenters. The minimum absolute atomic E-state index is 0.0653. The molecule has 0 saturated carbocycles. The van der Waals surface area contributed by atoms with Crippen molar-refractivity contribution < 1.29 is 31.9 Å². The van der Waals surface area contributed by atoms with Crippen LogP contribution in [0.25, 0.3) is 0 Å². The van der Waals surface area contributed by atoms with Gasteiger partial charge in [-0.2, -0.15) is 0 Å². The maximum Gasteiger partial charge on any atom is 0.264 e. The SMILES string of the molecule is CCCCNC(=O)[C@H](C)N(Cc1ccc(Br)cc1)C(=O)CN(c1ccc(F)cc1)S(=O)(=O)c1ccc2c(c1)OCCO2. The normalized spacial score (nSPS) is 13.2. The Bertz CT molecular complexity index is 1500. The van der Waals surface area contributed by atoms with Gasteiger partial charge in [0.2, 0.25) is 11.8 Å². The summed E-state index contributed by atoms with van der Waals surface area (Å²) in [6.45, 7) is 4.11. The van der Waals surface area contributed by atoms with Crippen molar-refractivity contribution in [1.29, 1.82) is 0 Å². The molecule has 0 bridgehead atoms. The highest BCUT2D eigenvalue weighted by Gasteiger charge is 2.33. The van der Waals surface area contributed by atoms with Gasteiger partial charge in [0.15, 0.2) is 11.5 Å². The molecule has 42 heavy (non-hydrogen) atoms. The van der Waals surface area contributed by atoms with Gasteiger partial charge < -0.3 is 19.7 Å². The molecule has 1 aliphatic rings. The molecule has 0 aromatic heterocycles. The first-order chi connectivity index (χ1) is 20.1. The molecule has 1 aliphatic heterocycles. The molecule has 2 amide bonds. The number of carbonyl (C=O) groups is 2. The van der Waals surface area contributed by atoms with E-state index < -0.39 is 34.3 Å². The van der Waals surface area contributed by atoms with Crippen LogP contribution in [-0.2, 0) is 26.2 Å². The number of ether oxygens (including phenoxy) is 2. The number of hydrogen-bond donors (Lipinski definition) is 1. The number of sulfonamides is 1. The van der Waals surface area contributed by atoms with E-state index >= 15 is 0 Å². The second-order valence-corrected chi connectivity index (χ2v) is 12.5. The topological polar surface area (TPSA) is 105 Å². The van der Waals surface area contributed by atoms with E-state index in [-0.39, 0.29) is 35.4 Å². The Hall–Kier alpha value is -3.64. The molecule has 0 radical (unpaired) electrons. The van der Waals surface area contributed by atoms with Gasteiger partial charge in [-0.05, 0) is 67.4 Å². The van der Waals surface area contributed by atoms with Crippen molar-refractivity contribution in [2.45, 2.75) is 44.2 Å². The van der Waals surface area contributed by atoms with E-state index in [0.717, 1.165) is 39.3 Å². The van der Waals surface area contributed by atoms with Crippen LogP contribution in [0.4, 0.5) is 10.1 Å². The highest BCUT2D eigenvalue weighted by molar-refractivity contribution is 9.10. The summed E-state index contributed by atoms with van der Waals surface area (Å²) in [5.74, 6) is -0.843. The molecular weight excluding hydrogens is 629 g/mol. The van der Waals surface area contributed by atoms with E-state index in [4.69, 9.17) is 9.47 Å². The Balaban J connectivity index is 1.69. The van der Waals surface area contributed by atoms with Gasteiger partial charge in [0.05, 0.1) is 10.6 Å². The Morgan fingerprint density at radius 3 is 2.33 bits per heavy atom. The number of benzene rings is 3. The first-order valence-corrected chi connectivity index (χ1v) is 15.8. The van der Waals surface area contributed by atoms with Crippen LogP contribution in [0.2, 0.25) is 0 Å². The fourth-order valence-electron chi connectivity index (χ4n) is 4.35. The van der Waals surface area contributed by atoms with E-state index in [2.05, 4.69) is 21.2 Å². The molecule has 0 aliphatic carbocycles. The summed E-state index contributed by atoms with van der Waals surface area (Å²) in [6, 6.07) is 15.4. The molecule has 1 heterocycles. The van der Waals surface area contributed by atoms with Gasteiger partial charge in [-0.25, -0.2) is 12.8 Å². The molecule has 1 atom stereocenters. The van der Waals surface area contributed by atoms with Gasteiger partial charge in [-0.3, -0.25) is 13.9 Å². The number of anilines is 1. The molecule has 3 aromatic carbocycles. The van der Waals surface area contributed by atoms with Crippen molar-refractivity contribution in [3.8, 4) is 11.5 Å². The van der Waals surface area contributed by atoms with Gasteiger partial charge in [0, 0.05) is 23.6 Å². The standard InChI is InChI=1S/C30H33BrFN3O6S/c1-3-4-15-33-30(37)21(2)34(19-22-5-7-23(31)8-6-22)29(36)20-35(25-11-9-24(32)10-12-25)42(38,39)26-13-14-27-28(18-26)41-17-16-40-27/h5-14,18,21H,3-4,15-17,19-20H2,1-2H3,(H,33,37)/t21-/m0/s1. The lowest BCUT2D eigenvalue weighted by atomic mass is 10.1. The molecule has 1 N–H and O–H groups in total. The minimum atomic E-state index is -4.35. The molecule has 0 spiro atoms. The second kappa shape index (κ2) is 14.0. The van der Waals surface area contributed by atoms with Crippen molar-refractivity contribution in [3.05, 3.63) is 82.6 Å². The predicted molar refractivity (Wildman–Crippen MR) is 160 cm³/mol. The largest absolute Gasteiger partial charge is 0.486 e. The lowest BCUT2D eigenvalue weighted by Crippen LogP contribution is -2.51. The van der Waals surface area contributed by atoms with Crippen LogP contribution in [0.5, 0.6) is 11.5 Å². The van der Waals surface area contributed by atoms with E-state index in [1.165, 1.54) is 35.2 Å². The number of rotatable bonds is 12. The number of hydrogen-bond acceptors (Lipinski definition) is 6. The van der Waals surface area contributed by atoms with Gasteiger partial charge in [-0.15, -0.1) is 0 Å². The third-order valence-corrected chi connectivity index (χ3v) is 9.06. The molecule has 0 fully saturated rings. The molecule has 3 aromatic rings. The van der Waals surface area contributed by atoms with Gasteiger partial charge in [0.25, 0.3) is 10.0 Å². The first kappa shape index (κ1) is 31.3. The summed E-state index contributed by atoms with van der Waals surface area (Å²) in [5, 5.41) is 2.85. The number of halogens is 2. The van der Waals surface area contributed by atoms with Crippen LogP contribution in [0.1, 0.15) is 32.3 Å². The third kappa shape index (κ3) is 7.60. The minimum Gasteiger partial charge on any atom is -0.486 e. The first-order valence-electron chi connectivity index (χ1n) is 13.6. The zero-order valence-electron chi connectivity index (χ0n) is 23.4. The fourth-order valence-corrected chi connectivity index (χ4v) is 6.05. The maximum absolute atomic E-state index is 14.0. The lowest BCUT2D eigenvalue weighted by Gasteiger charge is -2.32. The lowest BCUT2D eigenvalue weighted by molar-refractivity contribution is -0.139. The van der Waals surface area contributed by atoms with Gasteiger partial charge in [-0.1, -0.05) is 41.4 Å². The Labute approximate surface area is 253 Å². The molecule has 0 saturated heterocycles. The van der Waals surface area contributed by atoms with Crippen LogP contribution in [0.15, 0.2) is 76.1 Å². The highest BCUT2D eigenvalue weighted by atomic mass is 79.9. The molecular formula is C30H33BrFN3O6S. The average Bonchev–Trinajstić information content (AvgIpc) is 2.99. The smallest absolute Gasteiger partial charge is 0.264 e. The number of carbonyl (C=O) groups excluding carboxylic acids is 2. The Morgan fingerprint density at radius 2 is 1.67 bits per heavy atom. The second-order valence-electron chi connectivity index (χ2n) is 9.76. The predicted octanol–water partition coefficient (Wildman–Crippen LogP) is 4.89. The monoisotopic (exact) mass is 661 g/mol. The Kier molecular flexibility index (Phi) is 10.4. The fraction of sp³-hybridized carbons (Fsp3) is 0.333. The van der Waals surface area contributed by atoms with E-state index in [9.17, 15) is 22.4 Å². The summed E-state index contributed by atoms with van der Waals surface area (Å²) in [6.07, 6.45) is 1.67. The number of amides is 2. The van der Waals surface area contributed by atoms with Crippen molar-refractivity contribution in [1.82, 2.24) is 10.2 Å². The zero-order chi connectivity index (χ0) is 30.3. The van der Waals surface area contributed by atoms with Crippen molar-refractivity contribution in [2.24, 2.45) is 0 Å². The Morgan fingerprint density at radius 1 is 1.00 bits per heavy atom. The number of unbranched alkanes of at least 4 members (excludes halogenated alkanes) is 1. The van der Waals surface area contributed by atoms with Crippen LogP contribution in [-0.4, -0.2) is 57.5 Å². The molecule has 4 rings (SSSR count). The van der Waals surface area contributed by atoms with Crippen molar-refractivity contribution in [2.75, 3.05) is 30.6 Å². The summed E-state index contributed by atoms with van der Waals surface area (Å²) < 4.78 is 54.7. The van der Waals surface area contributed by atoms with Gasteiger partial charge in [0.1, 0.15) is 31.6 Å². The number of nitrogens with zero attached hydrogens (tertiary/aromatic N) is 2. The number of nitrogens with one attached hydrogen (secondary N) is 1. The van der Waals surface area contributed by atoms with Crippen LogP contribution in [0, 0.1) is 5.82 Å². The average molecular weight is 663 g/mol. The van der Waals surface area contributed by atoms with Crippen molar-refractivity contribution >= 4 is 43.5 Å². The van der Waals surface area contributed by atoms with Crippen LogP contribution >= 0.6 is 15.9 Å². The molecule has 12 heteroatoms. The summed E-state index contributed by atoms with van der Waals surface area (Å²) in [7, 11) is -4.35. The summed E-state index contributed by atoms with van der Waals surface area (Å²) in [5.41, 5.74) is 0.839. The van der Waals surface area contributed by atoms with Crippen LogP contribution in [0.3, 0.4) is 0 Å². The maximum atomic E-state index is 14.0. The molecule has 9 nitrogen and oxygen atoms in total. The quantitative estimate of drug-likeness (QED) is 0.277. The van der Waals surface area contributed by atoms with Crippen molar-refractivity contribution in [3.63, 3.8) is 0 Å². The van der Waals surface area contributed by atoms with E-state index in [1.807, 2.05) is 31.2 Å². The zero-order valence-corrected chi connectivity index (χ0v) is 25.8. The summed E-state index contributed by atoms with van der Waals surface area (Å²) in [4.78, 5) is 28.2. The summed E-state index contributed by atoms with van der Waals surface area (Å²) >= 11 is 3.40. The van der Waals surface area contributed by atoms with Gasteiger partial charge >= 0.3 is 0 Å². The van der Waals surface area contributed by atoms with E-state index in [1.54, 1.807) is 6.92 Å². The van der Waals surface area contributed by atoms with Crippen LogP contribution < -0.4 is 19.1 Å². The highest BCUT2D eigenvalue weighted by Crippen LogP contribution is 2.34. The third-order valence-electron chi connectivity index (χ3n) is 6.76.